The minimum absolute atomic E-state index is 0.192. The zero-order valence-electron chi connectivity index (χ0n) is 15.9. The Kier molecular flexibility index (Phi) is 8.11. The second-order valence-electron chi connectivity index (χ2n) is 6.77. The lowest BCUT2D eigenvalue weighted by Gasteiger charge is -2.15. The Morgan fingerprint density at radius 3 is 2.59 bits per heavy atom. The Morgan fingerprint density at radius 2 is 1.89 bits per heavy atom. The lowest BCUT2D eigenvalue weighted by atomic mass is 9.96. The number of hydrogen-bond acceptors (Lipinski definition) is 4. The summed E-state index contributed by atoms with van der Waals surface area (Å²) in [6, 6.07) is 9.80. The Hall–Kier alpha value is -2.56. The van der Waals surface area contributed by atoms with Gasteiger partial charge in [0.15, 0.2) is 0 Å². The highest BCUT2D eigenvalue weighted by atomic mass is 19.1. The number of phenols is 1. The summed E-state index contributed by atoms with van der Waals surface area (Å²) in [7, 11) is 0. The minimum Gasteiger partial charge on any atom is -0.507 e. The van der Waals surface area contributed by atoms with E-state index in [0.29, 0.717) is 43.1 Å². The van der Waals surface area contributed by atoms with Gasteiger partial charge in [0.2, 0.25) is 0 Å². The van der Waals surface area contributed by atoms with Crippen molar-refractivity contribution >= 4 is 6.29 Å². The number of ether oxygens (including phenoxy) is 2. The average molecular weight is 374 g/mol. The molecule has 1 unspecified atom stereocenters. The van der Waals surface area contributed by atoms with Crippen molar-refractivity contribution in [2.24, 2.45) is 5.92 Å². The van der Waals surface area contributed by atoms with E-state index in [1.165, 1.54) is 12.1 Å². The number of rotatable bonds is 11. The Labute approximate surface area is 159 Å². The number of benzene rings is 2. The predicted octanol–water partition coefficient (Wildman–Crippen LogP) is 4.85. The zero-order valence-corrected chi connectivity index (χ0v) is 15.9. The molecule has 0 radical (unpaired) electrons. The number of phenolic OH excluding ortho intramolecular Hbond substituents is 1. The van der Waals surface area contributed by atoms with Gasteiger partial charge < -0.3 is 19.4 Å². The maximum atomic E-state index is 13.1. The van der Waals surface area contributed by atoms with Gasteiger partial charge in [-0.2, -0.15) is 0 Å². The molecule has 27 heavy (non-hydrogen) atoms. The fourth-order valence-electron chi connectivity index (χ4n) is 2.81. The fraction of sp³-hybridized carbons (Fsp3) is 0.409. The number of aldehydes is 1. The van der Waals surface area contributed by atoms with E-state index in [4.69, 9.17) is 9.47 Å². The second kappa shape index (κ2) is 10.6. The van der Waals surface area contributed by atoms with E-state index in [9.17, 15) is 14.3 Å². The smallest absolute Gasteiger partial charge is 0.126 e. The molecule has 0 aliphatic heterocycles. The second-order valence-corrected chi connectivity index (χ2v) is 6.77. The number of hydrogen-bond donors (Lipinski definition) is 1. The summed E-state index contributed by atoms with van der Waals surface area (Å²) < 4.78 is 24.3. The topological polar surface area (TPSA) is 55.8 Å². The van der Waals surface area contributed by atoms with Crippen LogP contribution in [0.2, 0.25) is 0 Å². The molecule has 1 atom stereocenters. The molecule has 2 rings (SSSR count). The molecule has 0 saturated heterocycles. The van der Waals surface area contributed by atoms with Crippen LogP contribution in [0.4, 0.5) is 4.39 Å². The molecule has 0 spiro atoms. The van der Waals surface area contributed by atoms with Crippen molar-refractivity contribution < 1.29 is 23.8 Å². The van der Waals surface area contributed by atoms with E-state index in [1.807, 2.05) is 26.0 Å². The number of halogens is 1. The molecule has 0 bridgehead atoms. The van der Waals surface area contributed by atoms with E-state index in [1.54, 1.807) is 12.1 Å². The molecule has 0 fully saturated rings. The summed E-state index contributed by atoms with van der Waals surface area (Å²) >= 11 is 0. The van der Waals surface area contributed by atoms with Crippen LogP contribution in [0.25, 0.3) is 0 Å². The van der Waals surface area contributed by atoms with E-state index in [0.717, 1.165) is 24.7 Å². The third-order valence-electron chi connectivity index (χ3n) is 4.39. The first kappa shape index (κ1) is 20.7. The monoisotopic (exact) mass is 374 g/mol. The molecular weight excluding hydrogens is 347 g/mol. The quantitative estimate of drug-likeness (QED) is 0.451. The van der Waals surface area contributed by atoms with Gasteiger partial charge in [0.25, 0.3) is 0 Å². The zero-order chi connectivity index (χ0) is 19.6. The van der Waals surface area contributed by atoms with Gasteiger partial charge in [0.05, 0.1) is 13.2 Å². The van der Waals surface area contributed by atoms with Gasteiger partial charge in [-0.25, -0.2) is 4.39 Å². The van der Waals surface area contributed by atoms with Gasteiger partial charge in [-0.05, 0) is 55.9 Å². The normalized spacial score (nSPS) is 11.8. The van der Waals surface area contributed by atoms with Crippen LogP contribution in [-0.4, -0.2) is 24.6 Å². The summed E-state index contributed by atoms with van der Waals surface area (Å²) in [4.78, 5) is 10.6. The summed E-state index contributed by atoms with van der Waals surface area (Å²) in [6.45, 7) is 4.81. The van der Waals surface area contributed by atoms with E-state index in [-0.39, 0.29) is 17.5 Å². The highest BCUT2D eigenvalue weighted by Crippen LogP contribution is 2.32. The molecule has 0 amide bonds. The first-order chi connectivity index (χ1) is 13.0. The molecule has 5 heteroatoms. The highest BCUT2D eigenvalue weighted by molar-refractivity contribution is 5.51. The number of carbonyl (C=O) groups excluding carboxylic acids is 1. The van der Waals surface area contributed by atoms with Crippen LogP contribution < -0.4 is 9.47 Å². The summed E-state index contributed by atoms with van der Waals surface area (Å²) in [5.41, 5.74) is 1.54. The number of carbonyl (C=O) groups is 1. The van der Waals surface area contributed by atoms with Gasteiger partial charge in [-0.15, -0.1) is 0 Å². The third kappa shape index (κ3) is 6.59. The number of unbranched alkanes of at least 4 members (excludes halogenated alkanes) is 1. The summed E-state index contributed by atoms with van der Waals surface area (Å²) in [5.74, 6) is 1.30. The lowest BCUT2D eigenvalue weighted by Crippen LogP contribution is -2.05. The Morgan fingerprint density at radius 1 is 1.15 bits per heavy atom. The van der Waals surface area contributed by atoms with Gasteiger partial charge in [0.1, 0.15) is 29.4 Å². The van der Waals surface area contributed by atoms with Crippen LogP contribution in [-0.2, 0) is 11.2 Å². The average Bonchev–Trinajstić information content (AvgIpc) is 2.64. The van der Waals surface area contributed by atoms with Crippen molar-refractivity contribution in [3.63, 3.8) is 0 Å². The van der Waals surface area contributed by atoms with Crippen molar-refractivity contribution in [3.8, 4) is 17.2 Å². The van der Waals surface area contributed by atoms with Crippen molar-refractivity contribution in [2.45, 2.75) is 39.5 Å². The van der Waals surface area contributed by atoms with Gasteiger partial charge in [-0.1, -0.05) is 19.1 Å². The van der Waals surface area contributed by atoms with Crippen LogP contribution in [0.5, 0.6) is 17.2 Å². The van der Waals surface area contributed by atoms with Gasteiger partial charge in [0, 0.05) is 18.1 Å². The minimum atomic E-state index is -0.310. The SMILES string of the molecule is Cc1c(OCCCCOc2cccc(F)c2)ccc(CC(C)CC=O)c1O. The molecular formula is C22H27FO4. The summed E-state index contributed by atoms with van der Waals surface area (Å²) in [6.07, 6.45) is 3.61. The highest BCUT2D eigenvalue weighted by Gasteiger charge is 2.12. The van der Waals surface area contributed by atoms with Crippen LogP contribution >= 0.6 is 0 Å². The molecule has 0 aliphatic rings. The van der Waals surface area contributed by atoms with Crippen LogP contribution in [0, 0.1) is 18.7 Å². The maximum Gasteiger partial charge on any atom is 0.126 e. The van der Waals surface area contributed by atoms with Crippen molar-refractivity contribution in [2.75, 3.05) is 13.2 Å². The first-order valence-electron chi connectivity index (χ1n) is 9.27. The molecule has 4 nitrogen and oxygen atoms in total. The molecule has 2 aromatic rings. The maximum absolute atomic E-state index is 13.1. The summed E-state index contributed by atoms with van der Waals surface area (Å²) in [5, 5.41) is 10.4. The van der Waals surface area contributed by atoms with E-state index >= 15 is 0 Å². The van der Waals surface area contributed by atoms with E-state index in [2.05, 4.69) is 0 Å². The molecule has 0 heterocycles. The van der Waals surface area contributed by atoms with E-state index < -0.39 is 0 Å². The Bertz CT molecular complexity index is 745. The molecule has 146 valence electrons. The molecule has 0 aliphatic carbocycles. The van der Waals surface area contributed by atoms with Crippen LogP contribution in [0.15, 0.2) is 36.4 Å². The fourth-order valence-corrected chi connectivity index (χ4v) is 2.81. The standard InChI is InChI=1S/C22H27FO4/c1-16(10-11-24)14-18-8-9-21(17(2)22(18)25)27-13-4-3-12-26-20-7-5-6-19(23)15-20/h5-9,11,15-16,25H,3-4,10,12-14H2,1-2H3. The number of aromatic hydroxyl groups is 1. The largest absolute Gasteiger partial charge is 0.507 e. The van der Waals surface area contributed by atoms with Crippen molar-refractivity contribution in [1.29, 1.82) is 0 Å². The Balaban J connectivity index is 1.75. The predicted molar refractivity (Wildman–Crippen MR) is 103 cm³/mol. The van der Waals surface area contributed by atoms with Crippen molar-refractivity contribution in [1.82, 2.24) is 0 Å². The molecule has 0 saturated carbocycles. The van der Waals surface area contributed by atoms with Crippen LogP contribution in [0.3, 0.4) is 0 Å². The van der Waals surface area contributed by atoms with Crippen LogP contribution in [0.1, 0.15) is 37.3 Å². The van der Waals surface area contributed by atoms with Gasteiger partial charge in [-0.3, -0.25) is 0 Å². The van der Waals surface area contributed by atoms with Gasteiger partial charge >= 0.3 is 0 Å². The molecule has 0 aromatic heterocycles. The lowest BCUT2D eigenvalue weighted by molar-refractivity contribution is -0.108. The van der Waals surface area contributed by atoms with Crippen molar-refractivity contribution in [3.05, 3.63) is 53.3 Å². The molecule has 1 N–H and O–H groups in total. The third-order valence-corrected chi connectivity index (χ3v) is 4.39. The first-order valence-corrected chi connectivity index (χ1v) is 9.27. The molecule has 2 aromatic carbocycles.